The lowest BCUT2D eigenvalue weighted by molar-refractivity contribution is 0.566. The van der Waals surface area contributed by atoms with Crippen LogP contribution in [-0.2, 0) is 27.1 Å². The first-order chi connectivity index (χ1) is 28.4. The van der Waals surface area contributed by atoms with E-state index < -0.39 is 0 Å². The van der Waals surface area contributed by atoms with Crippen LogP contribution in [-0.4, -0.2) is 0 Å². The van der Waals surface area contributed by atoms with Crippen LogP contribution in [0.25, 0.3) is 22.3 Å². The number of hydrogen-bond donors (Lipinski definition) is 0. The van der Waals surface area contributed by atoms with Gasteiger partial charge in [-0.15, -0.1) is 0 Å². The molecule has 3 heterocycles. The second-order valence-electron chi connectivity index (χ2n) is 21.1. The van der Waals surface area contributed by atoms with Crippen molar-refractivity contribution >= 4 is 34.1 Å². The molecule has 0 amide bonds. The zero-order chi connectivity index (χ0) is 41.9. The van der Waals surface area contributed by atoms with Crippen molar-refractivity contribution in [1.29, 1.82) is 0 Å². The van der Waals surface area contributed by atoms with E-state index in [1.165, 1.54) is 95.1 Å². The van der Waals surface area contributed by atoms with Gasteiger partial charge >= 0.3 is 0 Å². The van der Waals surface area contributed by atoms with E-state index in [0.717, 1.165) is 11.4 Å². The van der Waals surface area contributed by atoms with E-state index in [9.17, 15) is 0 Å². The van der Waals surface area contributed by atoms with Gasteiger partial charge in [0, 0.05) is 38.7 Å². The molecule has 0 spiro atoms. The molecular weight excluding hydrogens is 725 g/mol. The predicted octanol–water partition coefficient (Wildman–Crippen LogP) is 15.8. The van der Waals surface area contributed by atoms with Gasteiger partial charge in [-0.3, -0.25) is 0 Å². The van der Waals surface area contributed by atoms with Crippen LogP contribution in [0, 0.1) is 0 Å². The topological polar surface area (TPSA) is 6.48 Å². The molecule has 0 radical (unpaired) electrons. The summed E-state index contributed by atoms with van der Waals surface area (Å²) in [6.07, 6.45) is 0. The maximum absolute atomic E-state index is 2.67. The van der Waals surface area contributed by atoms with Gasteiger partial charge in [0.1, 0.15) is 0 Å². The van der Waals surface area contributed by atoms with Gasteiger partial charge in [-0.05, 0) is 120 Å². The molecule has 0 saturated heterocycles. The smallest absolute Gasteiger partial charge is 0.0545 e. The molecule has 1 aliphatic carbocycles. The molecule has 0 fully saturated rings. The lowest BCUT2D eigenvalue weighted by Crippen LogP contribution is -2.43. The third-order valence-electron chi connectivity index (χ3n) is 15.2. The number of benzene rings is 7. The highest BCUT2D eigenvalue weighted by Gasteiger charge is 2.52. The van der Waals surface area contributed by atoms with Crippen molar-refractivity contribution in [2.75, 3.05) is 9.80 Å². The van der Waals surface area contributed by atoms with Crippen molar-refractivity contribution < 1.29 is 0 Å². The molecule has 0 aromatic heterocycles. The number of hydrogen-bond acceptors (Lipinski definition) is 2. The van der Waals surface area contributed by atoms with Crippen molar-refractivity contribution in [2.45, 2.75) is 103 Å². The summed E-state index contributed by atoms with van der Waals surface area (Å²) in [6, 6.07) is 53.7. The summed E-state index contributed by atoms with van der Waals surface area (Å²) in [5, 5.41) is 0. The van der Waals surface area contributed by atoms with Crippen molar-refractivity contribution in [2.24, 2.45) is 0 Å². The van der Waals surface area contributed by atoms with E-state index >= 15 is 0 Å². The summed E-state index contributed by atoms with van der Waals surface area (Å²) in [7, 11) is 0. The Bertz CT molecular complexity index is 2860. The second kappa shape index (κ2) is 11.9. The highest BCUT2D eigenvalue weighted by atomic mass is 15.2. The average molecular weight is 781 g/mol. The Kier molecular flexibility index (Phi) is 7.38. The summed E-state index contributed by atoms with van der Waals surface area (Å²) in [4.78, 5) is 5.16. The van der Waals surface area contributed by atoms with Gasteiger partial charge in [0.05, 0.1) is 17.1 Å². The first-order valence-corrected chi connectivity index (χ1v) is 21.9. The Hall–Kier alpha value is -5.86. The van der Waals surface area contributed by atoms with Gasteiger partial charge in [-0.1, -0.05) is 173 Å². The summed E-state index contributed by atoms with van der Waals surface area (Å²) in [6.45, 7) is 26.2. The lowest BCUT2D eigenvalue weighted by atomic mass is 9.61. The van der Waals surface area contributed by atoms with E-state index in [4.69, 9.17) is 0 Å². The molecule has 2 nitrogen and oxygen atoms in total. The molecule has 0 saturated carbocycles. The van der Waals surface area contributed by atoms with E-state index in [-0.39, 0.29) is 27.1 Å². The highest BCUT2D eigenvalue weighted by molar-refractivity contribution is 5.99. The molecule has 0 atom stereocenters. The Morgan fingerprint density at radius 3 is 1.32 bits per heavy atom. The van der Waals surface area contributed by atoms with Crippen LogP contribution in [0.5, 0.6) is 0 Å². The Labute approximate surface area is 357 Å². The summed E-state index contributed by atoms with van der Waals surface area (Å²) >= 11 is 0. The third-order valence-corrected chi connectivity index (χ3v) is 15.2. The highest BCUT2D eigenvalue weighted by Crippen LogP contribution is 2.66. The third kappa shape index (κ3) is 4.82. The minimum Gasteiger partial charge on any atom is -0.310 e. The molecule has 0 N–H and O–H groups in total. The number of para-hydroxylation sites is 2. The number of fused-ring (bicyclic) bond motifs is 3. The van der Waals surface area contributed by atoms with E-state index in [2.05, 4.69) is 225 Å². The van der Waals surface area contributed by atoms with Crippen LogP contribution in [0.2, 0.25) is 0 Å². The monoisotopic (exact) mass is 780 g/mol. The predicted molar refractivity (Wildman–Crippen MR) is 254 cm³/mol. The Morgan fingerprint density at radius 1 is 0.367 bits per heavy atom. The van der Waals surface area contributed by atoms with Crippen LogP contribution in [0.4, 0.5) is 34.1 Å². The minimum absolute atomic E-state index is 0.0409. The molecule has 0 unspecified atom stereocenters. The first kappa shape index (κ1) is 37.2. The fourth-order valence-electron chi connectivity index (χ4n) is 11.5. The second-order valence-corrected chi connectivity index (χ2v) is 21.1. The standard InChI is InChI=1S/C58H56N2/c1-54(2,3)37-25-29-39(30-26-37)59(38-27-22-35(23-28-38)36-24-31-42-41-16-12-13-17-43(41)55(4,5)48(42)32-36)40-33-49-53-50(34-40)58(10,11)47-21-15-19-45-52(47)60(53)51-44(56(45,6)7)18-14-20-46(51)57(49,8)9/h12-34H,1-11H3. The molecule has 2 heteroatoms. The Morgan fingerprint density at radius 2 is 0.783 bits per heavy atom. The van der Waals surface area contributed by atoms with Gasteiger partial charge in [-0.2, -0.15) is 0 Å². The van der Waals surface area contributed by atoms with Gasteiger partial charge in [0.2, 0.25) is 0 Å². The Balaban J connectivity index is 1.10. The first-order valence-electron chi connectivity index (χ1n) is 21.9. The minimum atomic E-state index is -0.232. The van der Waals surface area contributed by atoms with E-state index in [1.807, 2.05) is 0 Å². The van der Waals surface area contributed by atoms with Gasteiger partial charge in [0.25, 0.3) is 0 Å². The number of nitrogens with zero attached hydrogens (tertiary/aromatic N) is 2. The van der Waals surface area contributed by atoms with Crippen LogP contribution < -0.4 is 9.80 Å². The summed E-state index contributed by atoms with van der Waals surface area (Å²) in [5.41, 5.74) is 24.8. The molecule has 3 aliphatic heterocycles. The quantitative estimate of drug-likeness (QED) is 0.176. The van der Waals surface area contributed by atoms with Crippen molar-refractivity contribution in [3.63, 3.8) is 0 Å². The van der Waals surface area contributed by atoms with E-state index in [1.54, 1.807) is 0 Å². The molecular formula is C58H56N2. The number of rotatable bonds is 4. The van der Waals surface area contributed by atoms with Gasteiger partial charge in [0.15, 0.2) is 0 Å². The zero-order valence-electron chi connectivity index (χ0n) is 37.2. The maximum Gasteiger partial charge on any atom is 0.0545 e. The summed E-state index contributed by atoms with van der Waals surface area (Å²) in [5.74, 6) is 0. The molecule has 4 aliphatic rings. The fourth-order valence-corrected chi connectivity index (χ4v) is 11.5. The molecule has 11 rings (SSSR count). The largest absolute Gasteiger partial charge is 0.310 e. The molecule has 298 valence electrons. The van der Waals surface area contributed by atoms with Crippen molar-refractivity contribution in [3.05, 3.63) is 190 Å². The SMILES string of the molecule is CC(C)(C)c1ccc(N(c2ccc(-c3ccc4c(c3)C(C)(C)c3ccccc3-4)cc2)c2cc3c4c(c2)C(C)(C)c2cccc5c2N4c2c(cccc2C3(C)C)C5(C)C)cc1. The maximum atomic E-state index is 2.67. The molecule has 0 bridgehead atoms. The molecule has 7 aromatic carbocycles. The summed E-state index contributed by atoms with van der Waals surface area (Å²) < 4.78 is 0. The van der Waals surface area contributed by atoms with Crippen LogP contribution in [0.1, 0.15) is 126 Å². The van der Waals surface area contributed by atoms with Gasteiger partial charge in [-0.25, -0.2) is 0 Å². The molecule has 7 aromatic rings. The van der Waals surface area contributed by atoms with Crippen LogP contribution in [0.3, 0.4) is 0 Å². The normalized spacial score (nSPS) is 17.4. The van der Waals surface area contributed by atoms with Crippen LogP contribution >= 0.6 is 0 Å². The van der Waals surface area contributed by atoms with Crippen LogP contribution in [0.15, 0.2) is 140 Å². The average Bonchev–Trinajstić information content (AvgIpc) is 3.45. The van der Waals surface area contributed by atoms with E-state index in [0.29, 0.717) is 0 Å². The van der Waals surface area contributed by atoms with Crippen molar-refractivity contribution in [3.8, 4) is 22.3 Å². The van der Waals surface area contributed by atoms with Crippen molar-refractivity contribution in [1.82, 2.24) is 0 Å². The fraction of sp³-hybridized carbons (Fsp3) is 0.276. The number of anilines is 6. The zero-order valence-corrected chi connectivity index (χ0v) is 37.2. The van der Waals surface area contributed by atoms with Gasteiger partial charge < -0.3 is 9.80 Å². The molecule has 60 heavy (non-hydrogen) atoms. The lowest BCUT2D eigenvalue weighted by Gasteiger charge is -2.55.